The summed E-state index contributed by atoms with van der Waals surface area (Å²) in [5.74, 6) is -2.29. The molecule has 2 unspecified atom stereocenters. The summed E-state index contributed by atoms with van der Waals surface area (Å²) in [5, 5.41) is 11.4. The second-order valence-corrected chi connectivity index (χ2v) is 11.3. The van der Waals surface area contributed by atoms with E-state index >= 15 is 4.39 Å². The van der Waals surface area contributed by atoms with Crippen LogP contribution in [0.1, 0.15) is 46.1 Å². The van der Waals surface area contributed by atoms with Gasteiger partial charge in [0.05, 0.1) is 23.6 Å². The number of benzene rings is 1. The van der Waals surface area contributed by atoms with Crippen LogP contribution in [0.3, 0.4) is 0 Å². The van der Waals surface area contributed by atoms with Gasteiger partial charge in [0.2, 0.25) is 5.43 Å². The summed E-state index contributed by atoms with van der Waals surface area (Å²) >= 11 is 0. The van der Waals surface area contributed by atoms with Crippen LogP contribution < -0.4 is 25.1 Å². The predicted octanol–water partition coefficient (Wildman–Crippen LogP) is 4.25. The Morgan fingerprint density at radius 1 is 1.27 bits per heavy atom. The van der Waals surface area contributed by atoms with Gasteiger partial charge >= 0.3 is 18.9 Å². The van der Waals surface area contributed by atoms with Crippen molar-refractivity contribution >= 4 is 28.8 Å². The summed E-state index contributed by atoms with van der Waals surface area (Å²) in [4.78, 5) is 38.0. The number of fused-ring (bicyclic) bond motifs is 2. The number of ether oxygens (including phenoxy) is 4. The molecule has 2 saturated heterocycles. The molecule has 1 saturated carbocycles. The summed E-state index contributed by atoms with van der Waals surface area (Å²) in [6.45, 7) is 2.54. The number of hydrogen-bond acceptors (Lipinski definition) is 8. The van der Waals surface area contributed by atoms with Crippen molar-refractivity contribution in [3.05, 3.63) is 28.3 Å². The molecule has 40 heavy (non-hydrogen) atoms. The molecular weight excluding hydrogens is 539 g/mol. The molecule has 2 aliphatic heterocycles. The molecule has 3 heterocycles. The highest BCUT2D eigenvalue weighted by Gasteiger charge is 2.52. The lowest BCUT2D eigenvalue weighted by Crippen LogP contribution is -2.49. The normalized spacial score (nSPS) is 22.5. The van der Waals surface area contributed by atoms with Crippen LogP contribution in [0.2, 0.25) is 0 Å². The summed E-state index contributed by atoms with van der Waals surface area (Å²) < 4.78 is 65.6. The van der Waals surface area contributed by atoms with E-state index in [1.807, 2.05) is 0 Å². The molecule has 2 N–H and O–H groups in total. The van der Waals surface area contributed by atoms with E-state index in [2.05, 4.69) is 10.1 Å². The van der Waals surface area contributed by atoms with Crippen molar-refractivity contribution in [1.82, 2.24) is 9.88 Å². The van der Waals surface area contributed by atoms with Gasteiger partial charge in [0, 0.05) is 31.7 Å². The maximum atomic E-state index is 15.8. The van der Waals surface area contributed by atoms with Crippen molar-refractivity contribution in [1.29, 1.82) is 0 Å². The van der Waals surface area contributed by atoms with Crippen molar-refractivity contribution in [3.8, 4) is 11.5 Å². The Morgan fingerprint density at radius 2 is 2.00 bits per heavy atom. The number of hydrogen-bond donors (Lipinski definition) is 2. The molecule has 218 valence electrons. The number of carbonyl (C=O) groups is 2. The van der Waals surface area contributed by atoms with E-state index in [1.165, 1.54) is 9.47 Å². The zero-order chi connectivity index (χ0) is 29.0. The lowest BCUT2D eigenvalue weighted by Gasteiger charge is -2.30. The molecule has 1 aromatic carbocycles. The van der Waals surface area contributed by atoms with E-state index in [-0.39, 0.29) is 48.2 Å². The highest BCUT2D eigenvalue weighted by molar-refractivity contribution is 5.92. The molecule has 1 aliphatic carbocycles. The van der Waals surface area contributed by atoms with Crippen LogP contribution in [0, 0.1) is 11.7 Å². The fourth-order valence-corrected chi connectivity index (χ4v) is 5.55. The minimum Gasteiger partial charge on any atom is -0.449 e. The van der Waals surface area contributed by atoms with E-state index < -0.39 is 52.8 Å². The fourth-order valence-electron chi connectivity index (χ4n) is 5.55. The maximum absolute atomic E-state index is 15.8. The molecule has 2 atom stereocenters. The molecule has 0 bridgehead atoms. The molecule has 0 radical (unpaired) electrons. The molecule has 1 amide bonds. The number of rotatable bonds is 7. The molecule has 11 nitrogen and oxygen atoms in total. The van der Waals surface area contributed by atoms with E-state index in [0.29, 0.717) is 25.9 Å². The van der Waals surface area contributed by atoms with Gasteiger partial charge in [-0.05, 0) is 46.1 Å². The van der Waals surface area contributed by atoms with Crippen molar-refractivity contribution in [2.75, 3.05) is 31.1 Å². The van der Waals surface area contributed by atoms with Crippen molar-refractivity contribution in [2.24, 2.45) is 5.92 Å². The number of anilines is 1. The summed E-state index contributed by atoms with van der Waals surface area (Å²) in [6.07, 6.45) is 0.587. The van der Waals surface area contributed by atoms with Gasteiger partial charge in [-0.3, -0.25) is 4.79 Å². The molecule has 2 aromatic rings. The first-order valence-electron chi connectivity index (χ1n) is 12.9. The Labute approximate surface area is 226 Å². The average molecular weight is 570 g/mol. The number of alkyl carbamates (subject to hydrolysis) is 1. The van der Waals surface area contributed by atoms with Crippen LogP contribution in [-0.2, 0) is 9.47 Å². The Kier molecular flexibility index (Phi) is 7.01. The second-order valence-electron chi connectivity index (χ2n) is 11.3. The molecule has 5 rings (SSSR count). The van der Waals surface area contributed by atoms with Gasteiger partial charge in [0.1, 0.15) is 16.9 Å². The minimum absolute atomic E-state index is 0.0450. The van der Waals surface area contributed by atoms with Gasteiger partial charge in [-0.2, -0.15) is 8.78 Å². The largest absolute Gasteiger partial charge is 0.511 e. The van der Waals surface area contributed by atoms with Gasteiger partial charge in [-0.1, -0.05) is 0 Å². The lowest BCUT2D eigenvalue weighted by atomic mass is 9.91. The molecule has 3 aliphatic rings. The third-order valence-electron chi connectivity index (χ3n) is 7.26. The van der Waals surface area contributed by atoms with E-state index in [0.717, 1.165) is 12.3 Å². The molecule has 1 aromatic heterocycles. The Morgan fingerprint density at radius 3 is 2.62 bits per heavy atom. The molecular formula is C26H30F3N3O8. The summed E-state index contributed by atoms with van der Waals surface area (Å²) in [5.41, 5.74) is -2.99. The van der Waals surface area contributed by atoms with Crippen molar-refractivity contribution in [3.63, 3.8) is 0 Å². The number of nitrogens with one attached hydrogen (secondary N) is 1. The fraction of sp³-hybridized carbons (Fsp3) is 0.577. The highest BCUT2D eigenvalue weighted by Crippen LogP contribution is 2.48. The first-order chi connectivity index (χ1) is 18.8. The van der Waals surface area contributed by atoms with Crippen molar-refractivity contribution in [2.45, 2.75) is 63.9 Å². The zero-order valence-corrected chi connectivity index (χ0v) is 22.2. The van der Waals surface area contributed by atoms with E-state index in [9.17, 15) is 23.2 Å². The first-order valence-corrected chi connectivity index (χ1v) is 12.9. The minimum atomic E-state index is -3.34. The maximum Gasteiger partial charge on any atom is 0.511 e. The van der Waals surface area contributed by atoms with Crippen LogP contribution in [0.15, 0.2) is 17.1 Å². The number of carboxylic acid groups (broad SMARTS) is 1. The Hall–Kier alpha value is -3.68. The standard InChI is InChI=1S/C26H30F3N3O8/c1-25(2,3)40-23(34)30-11-26-12-31(9-13(26)6-7-37-26)19-16(27)8-15-18(21(19)39-22(28)29)32(14-4-5-14)10-17(20(15)33)38-24(35)36/h8,10,13-14,22H,4-7,9,11-12H2,1-3H3,(H,30,34)(H,35,36). The van der Waals surface area contributed by atoms with Crippen molar-refractivity contribution < 1.29 is 46.8 Å². The first kappa shape index (κ1) is 27.9. The average Bonchev–Trinajstić information content (AvgIpc) is 3.50. The number of nitrogens with zero attached hydrogens (tertiary/aromatic N) is 2. The smallest absolute Gasteiger partial charge is 0.449 e. The zero-order valence-electron chi connectivity index (χ0n) is 22.2. The van der Waals surface area contributed by atoms with Gasteiger partial charge in [0.25, 0.3) is 0 Å². The van der Waals surface area contributed by atoms with Gasteiger partial charge in [-0.15, -0.1) is 0 Å². The van der Waals surface area contributed by atoms with Crippen LogP contribution in [0.5, 0.6) is 11.5 Å². The van der Waals surface area contributed by atoms with Gasteiger partial charge < -0.3 is 38.8 Å². The summed E-state index contributed by atoms with van der Waals surface area (Å²) in [6, 6.07) is 0.641. The molecule has 3 fully saturated rings. The number of amides is 1. The lowest BCUT2D eigenvalue weighted by molar-refractivity contribution is -0.0488. The van der Waals surface area contributed by atoms with E-state index in [4.69, 9.17) is 19.3 Å². The Bertz CT molecular complexity index is 1400. The number of halogens is 3. The topological polar surface area (TPSA) is 129 Å². The SMILES string of the molecule is CC(C)(C)OC(=O)NCC12CN(c3c(F)cc4c(=O)c(OC(=O)O)cn(C5CC5)c4c3OC(F)F)CC1CCO2. The molecule has 0 spiro atoms. The highest BCUT2D eigenvalue weighted by atomic mass is 19.3. The third-order valence-corrected chi connectivity index (χ3v) is 7.26. The summed E-state index contributed by atoms with van der Waals surface area (Å²) in [7, 11) is 0. The van der Waals surface area contributed by atoms with E-state index in [1.54, 1.807) is 20.8 Å². The Balaban J connectivity index is 1.57. The number of aromatic nitrogens is 1. The van der Waals surface area contributed by atoms with Crippen LogP contribution in [0.4, 0.5) is 28.4 Å². The van der Waals surface area contributed by atoms with Gasteiger partial charge in [-0.25, -0.2) is 14.0 Å². The monoisotopic (exact) mass is 569 g/mol. The second kappa shape index (κ2) is 10.1. The van der Waals surface area contributed by atoms with Crippen LogP contribution in [0.25, 0.3) is 10.9 Å². The predicted molar refractivity (Wildman–Crippen MR) is 135 cm³/mol. The third kappa shape index (κ3) is 5.36. The number of carbonyl (C=O) groups excluding carboxylic acids is 1. The van der Waals surface area contributed by atoms with Gasteiger partial charge in [0.15, 0.2) is 17.3 Å². The van der Waals surface area contributed by atoms with Crippen LogP contribution >= 0.6 is 0 Å². The number of alkyl halides is 2. The van der Waals surface area contributed by atoms with Crippen LogP contribution in [-0.4, -0.2) is 66.0 Å². The molecule has 14 heteroatoms. The number of pyridine rings is 1. The quantitative estimate of drug-likeness (QED) is 0.470.